The number of methoxy groups -OCH3 is 1. The summed E-state index contributed by atoms with van der Waals surface area (Å²) in [5.74, 6) is 31.5. The molecular weight excluding hydrogens is 1810 g/mol. The zero-order valence-electron chi connectivity index (χ0n) is 83.0. The number of halogens is 6. The first kappa shape index (κ1) is 111. The summed E-state index contributed by atoms with van der Waals surface area (Å²) in [6, 6.07) is 131. The second kappa shape index (κ2) is 60.7. The van der Waals surface area contributed by atoms with Crippen molar-refractivity contribution < 1.29 is 54.8 Å². The normalized spacial score (nSPS) is 10.2. The van der Waals surface area contributed by atoms with E-state index >= 15 is 0 Å². The highest BCUT2D eigenvalue weighted by molar-refractivity contribution is 6.04. The largest absolute Gasteiger partial charge is 0.573 e. The molecule has 0 fully saturated rings. The predicted octanol–water partition coefficient (Wildman–Crippen LogP) is 31.8. The van der Waals surface area contributed by atoms with Crippen LogP contribution in [-0.4, -0.2) is 42.5 Å². The fourth-order valence-corrected chi connectivity index (χ4v) is 12.3. The zero-order valence-corrected chi connectivity index (χ0v) is 83.0. The number of carbonyl (C=O) groups excluding carboxylic acids is 1. The quantitative estimate of drug-likeness (QED) is 0.0866. The molecule has 17 aromatic rings. The third-order valence-electron chi connectivity index (χ3n) is 20.2. The van der Waals surface area contributed by atoms with E-state index in [9.17, 15) is 31.1 Å². The van der Waals surface area contributed by atoms with Gasteiger partial charge in [-0.05, 0) is 273 Å². The van der Waals surface area contributed by atoms with Crippen molar-refractivity contribution >= 4 is 35.9 Å². The number of para-hydroxylation sites is 1. The number of anilines is 1. The standard InChI is InChI=1S/C17H12.C16H14.2C15H14.C15H12.C14H13NO.C13H10N2.C9H9F3O2.C8H7F3O.C8H8O2/c1-15-11-13-17(14-12-15)10-6-5-9-16-7-3-2-4-8-16;1-13-3-7-15(8-4-13)11-12-16-9-5-14(2)6-10-16;3*1-13-7-9-15(10-8-13)12-11-14-5-3-2-4-6-14;1-11-7-9-12(10-8-11)14(16)15-13-5-3-2-4-6-13;1-11-2-4-12(5-3-11)6-7-13-10-14-8-9-15-13;1-6-3-4-7(13-2)8(5-6)14-9(10,11)12;1-6-2-4-7(5-3-6)12-8(9,10)11;1-6-2-3-7-8(4-6)10-5-9-7/h2-4,7-8,11-14H,1H3;3-10H,1-2H3;2*2-12H,1H3;2-10H,1H3;2-10H,1H3,(H,15,16);2-5,8-10H,1H3;3-5H,1-2H3;2-5H,1H3;2-4H,5H2,1H3/b;;12-11+;;;;;;;. The van der Waals surface area contributed by atoms with Crippen LogP contribution in [0.25, 0.3) is 24.3 Å². The van der Waals surface area contributed by atoms with Gasteiger partial charge in [0.25, 0.3) is 5.91 Å². The van der Waals surface area contributed by atoms with Crippen LogP contribution in [0.1, 0.15) is 138 Å². The number of carbonyl (C=O) groups is 1. The number of aryl methyl sites for hydroxylation is 11. The van der Waals surface area contributed by atoms with E-state index in [2.05, 4.69) is 327 Å². The molecule has 0 saturated heterocycles. The Morgan fingerprint density at radius 3 is 0.979 bits per heavy atom. The van der Waals surface area contributed by atoms with E-state index in [0.717, 1.165) is 67.3 Å². The van der Waals surface area contributed by atoms with Crippen molar-refractivity contribution in [3.8, 4) is 88.0 Å². The van der Waals surface area contributed by atoms with Crippen molar-refractivity contribution in [1.29, 1.82) is 0 Å². The molecule has 9 nitrogen and oxygen atoms in total. The molecule has 0 unspecified atom stereocenters. The Morgan fingerprint density at radius 1 is 0.303 bits per heavy atom. The minimum absolute atomic E-state index is 0.0629. The number of fused-ring (bicyclic) bond motifs is 1. The lowest BCUT2D eigenvalue weighted by atomic mass is 10.1. The van der Waals surface area contributed by atoms with Gasteiger partial charge >= 0.3 is 12.7 Å². The molecule has 1 aromatic heterocycles. The summed E-state index contributed by atoms with van der Waals surface area (Å²) in [6.45, 7) is 22.4. The Hall–Kier alpha value is -18.1. The van der Waals surface area contributed by atoms with Gasteiger partial charge in [0.1, 0.15) is 11.4 Å². The highest BCUT2D eigenvalue weighted by atomic mass is 19.4. The third-order valence-corrected chi connectivity index (χ3v) is 20.2. The first-order chi connectivity index (χ1) is 70.0. The van der Waals surface area contributed by atoms with E-state index in [1.165, 1.54) is 98.1 Å². The number of amides is 1. The van der Waals surface area contributed by atoms with Crippen LogP contribution in [0.2, 0.25) is 0 Å². The summed E-state index contributed by atoms with van der Waals surface area (Å²) in [4.78, 5) is 19.8. The lowest BCUT2D eigenvalue weighted by Crippen LogP contribution is -2.17. The molecule has 0 saturated carbocycles. The van der Waals surface area contributed by atoms with Gasteiger partial charge < -0.3 is 29.0 Å². The van der Waals surface area contributed by atoms with Gasteiger partial charge in [-0.25, -0.2) is 4.98 Å². The fraction of sp³-hybridized carbons (Fsp3) is 0.115. The van der Waals surface area contributed by atoms with Gasteiger partial charge in [-0.3, -0.25) is 9.78 Å². The highest BCUT2D eigenvalue weighted by Crippen LogP contribution is 2.34. The molecule has 18 rings (SSSR count). The maximum absolute atomic E-state index is 11.9. The molecule has 16 aromatic carbocycles. The van der Waals surface area contributed by atoms with Gasteiger partial charge in [0, 0.05) is 62.6 Å². The molecule has 726 valence electrons. The maximum atomic E-state index is 11.9. The number of rotatable bonds is 9. The van der Waals surface area contributed by atoms with Crippen molar-refractivity contribution in [3.63, 3.8) is 0 Å². The molecule has 15 heteroatoms. The summed E-state index contributed by atoms with van der Waals surface area (Å²) >= 11 is 0. The second-order valence-corrected chi connectivity index (χ2v) is 32.8. The van der Waals surface area contributed by atoms with Crippen LogP contribution in [0.5, 0.6) is 28.7 Å². The molecule has 1 amide bonds. The first-order valence-corrected chi connectivity index (χ1v) is 46.4. The lowest BCUT2D eigenvalue weighted by molar-refractivity contribution is -0.275. The van der Waals surface area contributed by atoms with Gasteiger partial charge in [0.2, 0.25) is 6.79 Å². The van der Waals surface area contributed by atoms with E-state index in [4.69, 9.17) is 14.2 Å². The van der Waals surface area contributed by atoms with Crippen molar-refractivity contribution in [2.45, 2.75) is 88.9 Å². The van der Waals surface area contributed by atoms with Crippen LogP contribution in [-0.2, 0) is 0 Å². The average Bonchev–Trinajstić information content (AvgIpc) is 1.83. The van der Waals surface area contributed by atoms with Gasteiger partial charge in [0.15, 0.2) is 23.0 Å². The van der Waals surface area contributed by atoms with Crippen LogP contribution in [0.4, 0.5) is 32.0 Å². The van der Waals surface area contributed by atoms with Crippen LogP contribution in [0.15, 0.2) is 425 Å². The minimum Gasteiger partial charge on any atom is -0.493 e. The van der Waals surface area contributed by atoms with Gasteiger partial charge in [0.05, 0.1) is 13.3 Å². The fourth-order valence-electron chi connectivity index (χ4n) is 12.3. The second-order valence-electron chi connectivity index (χ2n) is 32.8. The Morgan fingerprint density at radius 2 is 0.607 bits per heavy atom. The Labute approximate surface area is 850 Å². The van der Waals surface area contributed by atoms with E-state index in [-0.39, 0.29) is 23.2 Å². The smallest absolute Gasteiger partial charge is 0.493 e. The highest BCUT2D eigenvalue weighted by Gasteiger charge is 2.33. The number of alkyl halides is 6. The minimum atomic E-state index is -4.69. The van der Waals surface area contributed by atoms with Crippen LogP contribution >= 0.6 is 0 Å². The number of nitrogens with zero attached hydrogens (tertiary/aromatic N) is 2. The van der Waals surface area contributed by atoms with Crippen LogP contribution in [0.3, 0.4) is 0 Å². The maximum Gasteiger partial charge on any atom is 0.573 e. The zero-order chi connectivity index (χ0) is 104. The molecular formula is C130H113F6N3O6. The predicted molar refractivity (Wildman–Crippen MR) is 581 cm³/mol. The van der Waals surface area contributed by atoms with Gasteiger partial charge in [-0.15, -0.1) is 26.3 Å². The summed E-state index contributed by atoms with van der Waals surface area (Å²) in [5.41, 5.74) is 27.1. The summed E-state index contributed by atoms with van der Waals surface area (Å²) in [6.07, 6.45) is 4.16. The molecule has 0 bridgehead atoms. The molecule has 0 spiro atoms. The van der Waals surface area contributed by atoms with Gasteiger partial charge in [-0.1, -0.05) is 377 Å². The number of nitrogens with one attached hydrogen (secondary N) is 1. The molecule has 0 aliphatic carbocycles. The first-order valence-electron chi connectivity index (χ1n) is 46.4. The van der Waals surface area contributed by atoms with Crippen LogP contribution in [0, 0.1) is 135 Å². The van der Waals surface area contributed by atoms with Gasteiger partial charge in [-0.2, -0.15) is 0 Å². The summed E-state index contributed by atoms with van der Waals surface area (Å²) in [5, 5.41) is 2.84. The molecule has 2 heterocycles. The topological polar surface area (TPSA) is 101 Å². The van der Waals surface area contributed by atoms with Crippen molar-refractivity contribution in [1.82, 2.24) is 9.97 Å². The summed E-state index contributed by atoms with van der Waals surface area (Å²) < 4.78 is 93.0. The third kappa shape index (κ3) is 46.5. The number of hydrogen-bond donors (Lipinski definition) is 1. The molecule has 1 aliphatic heterocycles. The number of aromatic nitrogens is 2. The number of hydrogen-bond acceptors (Lipinski definition) is 8. The van der Waals surface area contributed by atoms with E-state index in [1.54, 1.807) is 50.6 Å². The number of benzene rings is 16. The molecule has 145 heavy (non-hydrogen) atoms. The van der Waals surface area contributed by atoms with E-state index in [0.29, 0.717) is 23.6 Å². The monoisotopic (exact) mass is 1930 g/mol. The van der Waals surface area contributed by atoms with Crippen LogP contribution < -0.4 is 29.0 Å². The Kier molecular flexibility index (Phi) is 46.3. The SMILES string of the molecule is COc1ccc(C)cc1OC(F)(F)F.Cc1ccc(/C=C/c2ccccc2)cc1.Cc1ccc(C#CC#Cc2ccccc2)cc1.Cc1ccc(C#Cc2ccc(C)cc2)cc1.Cc1ccc(C#Cc2ccccc2)cc1.Cc1ccc(C#Cc2cnccn2)cc1.Cc1ccc(C(=O)Nc2ccccc2)cc1.Cc1ccc(C=Cc2ccccc2)cc1.Cc1ccc(OC(F)(F)F)cc1.Cc1ccc2c(c1)OCO2. The average molecular weight is 1930 g/mol. The van der Waals surface area contributed by atoms with Crippen molar-refractivity contribution in [2.75, 3.05) is 19.2 Å². The van der Waals surface area contributed by atoms with E-state index in [1.807, 2.05) is 208 Å². The Balaban J connectivity index is 0.000000180. The van der Waals surface area contributed by atoms with Crippen molar-refractivity contribution in [3.05, 3.63) is 559 Å². The molecule has 1 N–H and O–H groups in total. The molecule has 0 atom stereocenters. The van der Waals surface area contributed by atoms with E-state index < -0.39 is 12.7 Å². The molecule has 0 radical (unpaired) electrons. The molecule has 1 aliphatic rings. The Bertz CT molecular complexity index is 6920. The number of ether oxygens (including phenoxy) is 5. The van der Waals surface area contributed by atoms with Crippen molar-refractivity contribution in [2.24, 2.45) is 0 Å². The summed E-state index contributed by atoms with van der Waals surface area (Å²) in [7, 11) is 1.29. The lowest BCUT2D eigenvalue weighted by Gasteiger charge is -2.12.